The summed E-state index contributed by atoms with van der Waals surface area (Å²) in [6, 6.07) is 4.36. The lowest BCUT2D eigenvalue weighted by molar-refractivity contribution is -0.0440. The van der Waals surface area contributed by atoms with E-state index in [1.54, 1.807) is 13.2 Å². The Morgan fingerprint density at radius 1 is 1.35 bits per heavy atom. The fourth-order valence-electron chi connectivity index (χ4n) is 5.62. The van der Waals surface area contributed by atoms with Gasteiger partial charge in [-0.05, 0) is 38.1 Å². The van der Waals surface area contributed by atoms with Crippen LogP contribution < -0.4 is 9.47 Å². The van der Waals surface area contributed by atoms with Gasteiger partial charge >= 0.3 is 7.82 Å². The number of nitrogens with zero attached hydrogens (tertiary/aromatic N) is 1. The lowest BCUT2D eigenvalue weighted by Gasteiger charge is -2.56. The van der Waals surface area contributed by atoms with Crippen LogP contribution in [0, 0.1) is 5.92 Å². The highest BCUT2D eigenvalue weighted by atomic mass is 31.2. The van der Waals surface area contributed by atoms with E-state index >= 15 is 0 Å². The first kappa shape index (κ1) is 16.8. The van der Waals surface area contributed by atoms with Gasteiger partial charge in [0.1, 0.15) is 12.2 Å². The molecule has 5 rings (SSSR count). The largest absolute Gasteiger partial charge is 0.493 e. The van der Waals surface area contributed by atoms with Crippen molar-refractivity contribution in [1.82, 2.24) is 4.90 Å². The average molecular weight is 379 g/mol. The number of methoxy groups -OCH3 is 1. The monoisotopic (exact) mass is 379 g/mol. The van der Waals surface area contributed by atoms with Crippen molar-refractivity contribution in [3.63, 3.8) is 0 Å². The van der Waals surface area contributed by atoms with Gasteiger partial charge in [0.25, 0.3) is 0 Å². The number of benzene rings is 1. The summed E-state index contributed by atoms with van der Waals surface area (Å²) in [5.41, 5.74) is 2.06. The van der Waals surface area contributed by atoms with Gasteiger partial charge in [-0.15, -0.1) is 0 Å². The molecule has 2 heterocycles. The number of hydrogen-bond acceptors (Lipinski definition) is 5. The predicted octanol–water partition coefficient (Wildman–Crippen LogP) is 1.62. The van der Waals surface area contributed by atoms with Gasteiger partial charge in [-0.1, -0.05) is 18.2 Å². The van der Waals surface area contributed by atoms with E-state index in [2.05, 4.69) is 24.1 Å². The van der Waals surface area contributed by atoms with Crippen LogP contribution in [0.1, 0.15) is 17.5 Å². The van der Waals surface area contributed by atoms with Crippen LogP contribution in [-0.2, 0) is 20.9 Å². The lowest BCUT2D eigenvalue weighted by atomic mass is 9.53. The number of ether oxygens (including phenoxy) is 2. The highest BCUT2D eigenvalue weighted by molar-refractivity contribution is 7.46. The third-order valence-electron chi connectivity index (χ3n) is 6.59. The summed E-state index contributed by atoms with van der Waals surface area (Å²) in [6.07, 6.45) is 4.37. The van der Waals surface area contributed by atoms with Crippen molar-refractivity contribution in [3.05, 3.63) is 35.4 Å². The van der Waals surface area contributed by atoms with Crippen molar-refractivity contribution in [2.75, 3.05) is 20.7 Å². The number of rotatable bonds is 3. The van der Waals surface area contributed by atoms with Crippen molar-refractivity contribution in [1.29, 1.82) is 0 Å². The van der Waals surface area contributed by atoms with Crippen molar-refractivity contribution in [2.24, 2.45) is 5.92 Å². The van der Waals surface area contributed by atoms with Crippen molar-refractivity contribution in [2.45, 2.75) is 36.5 Å². The standard InChI is InChI=1S/C18H22NO6P/c1-19-8-7-18-11-4-6-14(25-26(20,21)22)17(18)24-16-13(23-2)5-3-10(15(16)18)9-12(11)19/h3-6,11-12,14,17H,7-9H2,1-2H3,(H2,20,21,22)/t11-,12+,14-,17-,18-/m0/s1. The number of likely N-dealkylation sites (tertiary alicyclic amines) is 1. The first-order chi connectivity index (χ1) is 12.3. The van der Waals surface area contributed by atoms with Gasteiger partial charge in [0.05, 0.1) is 7.11 Å². The van der Waals surface area contributed by atoms with E-state index < -0.39 is 20.0 Å². The van der Waals surface area contributed by atoms with Gasteiger partial charge in [-0.3, -0.25) is 4.52 Å². The molecule has 4 aliphatic rings. The summed E-state index contributed by atoms with van der Waals surface area (Å²) >= 11 is 0. The summed E-state index contributed by atoms with van der Waals surface area (Å²) < 4.78 is 28.5. The van der Waals surface area contributed by atoms with Crippen LogP contribution in [0.2, 0.25) is 0 Å². The third kappa shape index (κ3) is 2.06. The number of phosphoric acid groups is 1. The zero-order valence-electron chi connectivity index (χ0n) is 14.7. The Hall–Kier alpha value is -1.37. The second kappa shape index (κ2) is 5.33. The molecule has 1 aromatic carbocycles. The summed E-state index contributed by atoms with van der Waals surface area (Å²) in [6.45, 7) is 0.910. The summed E-state index contributed by atoms with van der Waals surface area (Å²) in [4.78, 5) is 21.1. The molecular formula is C18H22NO6P. The van der Waals surface area contributed by atoms with Crippen LogP contribution in [-0.4, -0.2) is 53.6 Å². The molecule has 2 aliphatic heterocycles. The Kier molecular flexibility index (Phi) is 3.44. The quantitative estimate of drug-likeness (QED) is 0.609. The second-order valence-corrected chi connectivity index (χ2v) is 8.88. The lowest BCUT2D eigenvalue weighted by Crippen LogP contribution is -2.65. The van der Waals surface area contributed by atoms with E-state index in [1.165, 1.54) is 5.56 Å². The van der Waals surface area contributed by atoms with Gasteiger partial charge in [0, 0.05) is 22.9 Å². The van der Waals surface area contributed by atoms with E-state index in [0.717, 1.165) is 24.9 Å². The molecule has 0 unspecified atom stereocenters. The number of hydrogen-bond donors (Lipinski definition) is 2. The van der Waals surface area contributed by atoms with Gasteiger partial charge in [0.15, 0.2) is 11.5 Å². The van der Waals surface area contributed by atoms with Crippen LogP contribution in [0.4, 0.5) is 0 Å². The molecule has 140 valence electrons. The molecule has 0 amide bonds. The van der Waals surface area contributed by atoms with E-state index in [-0.39, 0.29) is 11.3 Å². The average Bonchev–Trinajstić information content (AvgIpc) is 2.93. The minimum absolute atomic E-state index is 0.226. The van der Waals surface area contributed by atoms with Crippen LogP contribution in [0.25, 0.3) is 0 Å². The Labute approximate surface area is 151 Å². The molecule has 2 bridgehead atoms. The van der Waals surface area contributed by atoms with E-state index in [9.17, 15) is 14.4 Å². The molecular weight excluding hydrogens is 357 g/mol. The first-order valence-corrected chi connectivity index (χ1v) is 10.4. The zero-order chi connectivity index (χ0) is 18.3. The Balaban J connectivity index is 1.72. The SMILES string of the molecule is COc1ccc2c3c1O[C@H]1[C@@H](OP(=O)(O)O)C=C[C@H]4[C@@H](C2)N(C)CC[C@@]341. The van der Waals surface area contributed by atoms with Gasteiger partial charge < -0.3 is 24.2 Å². The van der Waals surface area contributed by atoms with Crippen LogP contribution in [0.5, 0.6) is 11.5 Å². The fraction of sp³-hybridized carbons (Fsp3) is 0.556. The molecule has 2 N–H and O–H groups in total. The maximum absolute atomic E-state index is 11.5. The molecule has 0 aromatic heterocycles. The molecule has 1 saturated heterocycles. The fourth-order valence-corrected chi connectivity index (χ4v) is 6.12. The van der Waals surface area contributed by atoms with E-state index in [1.807, 2.05) is 6.07 Å². The number of likely N-dealkylation sites (N-methyl/N-ethyl adjacent to an activating group) is 1. The van der Waals surface area contributed by atoms with Crippen molar-refractivity contribution >= 4 is 7.82 Å². The van der Waals surface area contributed by atoms with Crippen LogP contribution in [0.3, 0.4) is 0 Å². The van der Waals surface area contributed by atoms with Crippen molar-refractivity contribution in [3.8, 4) is 11.5 Å². The zero-order valence-corrected chi connectivity index (χ0v) is 15.6. The predicted molar refractivity (Wildman–Crippen MR) is 93.4 cm³/mol. The Morgan fingerprint density at radius 2 is 2.15 bits per heavy atom. The molecule has 2 aliphatic carbocycles. The van der Waals surface area contributed by atoms with Gasteiger partial charge in [-0.25, -0.2) is 4.57 Å². The molecule has 26 heavy (non-hydrogen) atoms. The number of piperidine rings is 1. The van der Waals surface area contributed by atoms with Crippen LogP contribution in [0.15, 0.2) is 24.3 Å². The minimum Gasteiger partial charge on any atom is -0.493 e. The maximum atomic E-state index is 11.5. The van der Waals surface area contributed by atoms with Gasteiger partial charge in [0.2, 0.25) is 0 Å². The first-order valence-electron chi connectivity index (χ1n) is 8.84. The highest BCUT2D eigenvalue weighted by Crippen LogP contribution is 2.63. The molecule has 8 heteroatoms. The summed E-state index contributed by atoms with van der Waals surface area (Å²) in [5.74, 6) is 1.60. The van der Waals surface area contributed by atoms with Crippen LogP contribution >= 0.6 is 7.82 Å². The smallest absolute Gasteiger partial charge is 0.470 e. The Bertz CT molecular complexity index is 850. The molecule has 0 radical (unpaired) electrons. The molecule has 1 aromatic rings. The molecule has 7 nitrogen and oxygen atoms in total. The molecule has 5 atom stereocenters. The third-order valence-corrected chi connectivity index (χ3v) is 7.11. The highest BCUT2D eigenvalue weighted by Gasteiger charge is 2.65. The van der Waals surface area contributed by atoms with Crippen molar-refractivity contribution < 1.29 is 28.3 Å². The van der Waals surface area contributed by atoms with E-state index in [0.29, 0.717) is 17.5 Å². The maximum Gasteiger partial charge on any atom is 0.470 e. The topological polar surface area (TPSA) is 88.5 Å². The second-order valence-electron chi connectivity index (χ2n) is 7.68. The number of phosphoric ester groups is 1. The Morgan fingerprint density at radius 3 is 2.88 bits per heavy atom. The van der Waals surface area contributed by atoms with Gasteiger partial charge in [-0.2, -0.15) is 0 Å². The summed E-state index contributed by atoms with van der Waals surface area (Å²) in [5, 5.41) is 0. The molecule has 0 saturated carbocycles. The summed E-state index contributed by atoms with van der Waals surface area (Å²) in [7, 11) is -0.879. The normalized spacial score (nSPS) is 37.2. The minimum atomic E-state index is -4.63. The molecule has 1 fully saturated rings. The van der Waals surface area contributed by atoms with E-state index in [4.69, 9.17) is 14.0 Å². The molecule has 1 spiro atoms.